The standard InChI is InChI=1S/C23H23N5O3/c1-17(29)18-4-6-20(7-5-18)31-16-23(30)28-13-11-27(12-14-28)22-9-8-21(25-26-22)19-3-2-10-24-15-19/h2-10,15H,11-14,16H2,1H3. The molecule has 0 saturated carbocycles. The minimum absolute atomic E-state index is 0.00287. The van der Waals surface area contributed by atoms with E-state index in [0.717, 1.165) is 17.1 Å². The van der Waals surface area contributed by atoms with Crippen LogP contribution in [0.5, 0.6) is 5.75 Å². The molecule has 0 atom stereocenters. The molecule has 1 aliphatic rings. The van der Waals surface area contributed by atoms with Gasteiger partial charge in [0.2, 0.25) is 0 Å². The monoisotopic (exact) mass is 417 g/mol. The first kappa shape index (κ1) is 20.5. The van der Waals surface area contributed by atoms with Crippen molar-refractivity contribution in [3.8, 4) is 17.0 Å². The summed E-state index contributed by atoms with van der Waals surface area (Å²) in [6, 6.07) is 14.5. The molecule has 31 heavy (non-hydrogen) atoms. The summed E-state index contributed by atoms with van der Waals surface area (Å²) in [4.78, 5) is 31.8. The number of amides is 1. The highest BCUT2D eigenvalue weighted by atomic mass is 16.5. The second kappa shape index (κ2) is 9.34. The normalized spacial score (nSPS) is 13.7. The lowest BCUT2D eigenvalue weighted by Crippen LogP contribution is -2.50. The molecule has 0 bridgehead atoms. The molecular formula is C23H23N5O3. The molecule has 3 heterocycles. The summed E-state index contributed by atoms with van der Waals surface area (Å²) in [7, 11) is 0. The maximum Gasteiger partial charge on any atom is 0.260 e. The zero-order chi connectivity index (χ0) is 21.6. The van der Waals surface area contributed by atoms with Crippen molar-refractivity contribution in [2.45, 2.75) is 6.92 Å². The van der Waals surface area contributed by atoms with E-state index in [2.05, 4.69) is 20.1 Å². The Labute approximate surface area is 180 Å². The van der Waals surface area contributed by atoms with Crippen molar-refractivity contribution in [2.24, 2.45) is 0 Å². The Kier molecular flexibility index (Phi) is 6.16. The first-order valence-electron chi connectivity index (χ1n) is 10.1. The molecule has 1 amide bonds. The van der Waals surface area contributed by atoms with Crippen LogP contribution in [0, 0.1) is 0 Å². The predicted molar refractivity (Wildman–Crippen MR) is 116 cm³/mol. The van der Waals surface area contributed by atoms with Crippen LogP contribution in [0.25, 0.3) is 11.3 Å². The van der Waals surface area contributed by atoms with Crippen molar-refractivity contribution in [3.05, 3.63) is 66.5 Å². The first-order valence-corrected chi connectivity index (χ1v) is 10.1. The number of ketones is 1. The van der Waals surface area contributed by atoms with Crippen molar-refractivity contribution in [1.82, 2.24) is 20.1 Å². The number of ether oxygens (including phenoxy) is 1. The molecule has 8 nitrogen and oxygen atoms in total. The molecule has 1 fully saturated rings. The summed E-state index contributed by atoms with van der Waals surface area (Å²) in [5.74, 6) is 1.30. The van der Waals surface area contributed by atoms with Gasteiger partial charge in [-0.1, -0.05) is 0 Å². The third-order valence-electron chi connectivity index (χ3n) is 5.19. The minimum atomic E-state index is -0.0618. The van der Waals surface area contributed by atoms with Gasteiger partial charge in [-0.2, -0.15) is 0 Å². The van der Waals surface area contributed by atoms with Gasteiger partial charge in [0.05, 0.1) is 5.69 Å². The van der Waals surface area contributed by atoms with Crippen molar-refractivity contribution in [3.63, 3.8) is 0 Å². The molecule has 0 unspecified atom stereocenters. The van der Waals surface area contributed by atoms with Gasteiger partial charge in [0.25, 0.3) is 5.91 Å². The summed E-state index contributed by atoms with van der Waals surface area (Å²) >= 11 is 0. The largest absolute Gasteiger partial charge is 0.484 e. The molecule has 1 aliphatic heterocycles. The number of nitrogens with zero attached hydrogens (tertiary/aromatic N) is 5. The Balaban J connectivity index is 1.27. The number of anilines is 1. The Morgan fingerprint density at radius 3 is 2.35 bits per heavy atom. The predicted octanol–water partition coefficient (Wildman–Crippen LogP) is 2.47. The van der Waals surface area contributed by atoms with E-state index in [-0.39, 0.29) is 18.3 Å². The SMILES string of the molecule is CC(=O)c1ccc(OCC(=O)N2CCN(c3ccc(-c4cccnc4)nn3)CC2)cc1. The molecule has 1 aromatic carbocycles. The Bertz CT molecular complexity index is 1030. The summed E-state index contributed by atoms with van der Waals surface area (Å²) < 4.78 is 5.58. The van der Waals surface area contributed by atoms with Gasteiger partial charge in [0, 0.05) is 49.7 Å². The Morgan fingerprint density at radius 2 is 1.74 bits per heavy atom. The smallest absolute Gasteiger partial charge is 0.260 e. The van der Waals surface area contributed by atoms with Gasteiger partial charge < -0.3 is 14.5 Å². The van der Waals surface area contributed by atoms with Crippen LogP contribution in [0.2, 0.25) is 0 Å². The van der Waals surface area contributed by atoms with E-state index in [1.54, 1.807) is 41.6 Å². The number of rotatable bonds is 6. The van der Waals surface area contributed by atoms with Gasteiger partial charge in [0.1, 0.15) is 5.75 Å². The molecule has 1 saturated heterocycles. The van der Waals surface area contributed by atoms with Gasteiger partial charge in [-0.25, -0.2) is 0 Å². The quantitative estimate of drug-likeness (QED) is 0.569. The van der Waals surface area contributed by atoms with Crippen LogP contribution in [0.4, 0.5) is 5.82 Å². The van der Waals surface area contributed by atoms with E-state index in [1.165, 1.54) is 6.92 Å². The molecule has 3 aromatic rings. The van der Waals surface area contributed by atoms with Crippen LogP contribution in [0.3, 0.4) is 0 Å². The van der Waals surface area contributed by atoms with Crippen molar-refractivity contribution in [2.75, 3.05) is 37.7 Å². The summed E-state index contributed by atoms with van der Waals surface area (Å²) in [5.41, 5.74) is 2.32. The van der Waals surface area contributed by atoms with Gasteiger partial charge >= 0.3 is 0 Å². The molecule has 0 spiro atoms. The maximum absolute atomic E-state index is 12.5. The van der Waals surface area contributed by atoms with E-state index >= 15 is 0 Å². The number of pyridine rings is 1. The van der Waals surface area contributed by atoms with Gasteiger partial charge in [0.15, 0.2) is 18.2 Å². The molecule has 8 heteroatoms. The van der Waals surface area contributed by atoms with E-state index in [1.807, 2.05) is 24.3 Å². The number of benzene rings is 1. The van der Waals surface area contributed by atoms with Crippen molar-refractivity contribution < 1.29 is 14.3 Å². The average molecular weight is 417 g/mol. The summed E-state index contributed by atoms with van der Waals surface area (Å²) in [6.07, 6.45) is 3.48. The third kappa shape index (κ3) is 5.03. The zero-order valence-electron chi connectivity index (χ0n) is 17.3. The van der Waals surface area contributed by atoms with E-state index in [4.69, 9.17) is 4.74 Å². The van der Waals surface area contributed by atoms with Gasteiger partial charge in [-0.3, -0.25) is 14.6 Å². The van der Waals surface area contributed by atoms with Crippen molar-refractivity contribution >= 4 is 17.5 Å². The van der Waals surface area contributed by atoms with Crippen LogP contribution < -0.4 is 9.64 Å². The summed E-state index contributed by atoms with van der Waals surface area (Å²) in [5, 5.41) is 8.65. The summed E-state index contributed by atoms with van der Waals surface area (Å²) in [6.45, 7) is 4.04. The number of hydrogen-bond donors (Lipinski definition) is 0. The molecule has 2 aromatic heterocycles. The number of carbonyl (C=O) groups excluding carboxylic acids is 2. The lowest BCUT2D eigenvalue weighted by atomic mass is 10.1. The number of Topliss-reactive ketones (excluding diaryl/α,β-unsaturated/α-hetero) is 1. The van der Waals surface area contributed by atoms with Crippen molar-refractivity contribution in [1.29, 1.82) is 0 Å². The van der Waals surface area contributed by atoms with Crippen LogP contribution in [-0.4, -0.2) is 64.6 Å². The lowest BCUT2D eigenvalue weighted by Gasteiger charge is -2.35. The zero-order valence-corrected chi connectivity index (χ0v) is 17.3. The highest BCUT2D eigenvalue weighted by Crippen LogP contribution is 2.19. The molecule has 158 valence electrons. The van der Waals surface area contributed by atoms with Crippen LogP contribution >= 0.6 is 0 Å². The first-order chi connectivity index (χ1) is 15.1. The van der Waals surface area contributed by atoms with Crippen LogP contribution in [0.1, 0.15) is 17.3 Å². The van der Waals surface area contributed by atoms with Crippen LogP contribution in [-0.2, 0) is 4.79 Å². The number of piperazine rings is 1. The molecule has 0 radical (unpaired) electrons. The highest BCUT2D eigenvalue weighted by molar-refractivity contribution is 5.94. The van der Waals surface area contributed by atoms with E-state index in [9.17, 15) is 9.59 Å². The maximum atomic E-state index is 12.5. The lowest BCUT2D eigenvalue weighted by molar-refractivity contribution is -0.133. The molecule has 0 aliphatic carbocycles. The van der Waals surface area contributed by atoms with E-state index in [0.29, 0.717) is 37.5 Å². The fourth-order valence-corrected chi connectivity index (χ4v) is 3.37. The molecule has 0 N–H and O–H groups in total. The minimum Gasteiger partial charge on any atom is -0.484 e. The molecular weight excluding hydrogens is 394 g/mol. The average Bonchev–Trinajstić information content (AvgIpc) is 2.83. The number of hydrogen-bond acceptors (Lipinski definition) is 7. The highest BCUT2D eigenvalue weighted by Gasteiger charge is 2.22. The Hall–Kier alpha value is -3.81. The van der Waals surface area contributed by atoms with Gasteiger partial charge in [-0.05, 0) is 55.5 Å². The fourth-order valence-electron chi connectivity index (χ4n) is 3.37. The topological polar surface area (TPSA) is 88.5 Å². The number of carbonyl (C=O) groups is 2. The third-order valence-corrected chi connectivity index (χ3v) is 5.19. The molecule has 4 rings (SSSR count). The Morgan fingerprint density at radius 1 is 0.968 bits per heavy atom. The fraction of sp³-hybridized carbons (Fsp3) is 0.261. The van der Waals surface area contributed by atoms with Gasteiger partial charge in [-0.15, -0.1) is 10.2 Å². The van der Waals surface area contributed by atoms with Crippen LogP contribution in [0.15, 0.2) is 60.9 Å². The second-order valence-corrected chi connectivity index (χ2v) is 7.26. The number of aromatic nitrogens is 3. The van der Waals surface area contributed by atoms with E-state index < -0.39 is 0 Å². The second-order valence-electron chi connectivity index (χ2n) is 7.26.